The van der Waals surface area contributed by atoms with Gasteiger partial charge in [-0.2, -0.15) is 0 Å². The Labute approximate surface area is 179 Å². The molecule has 2 aliphatic heterocycles. The lowest BCUT2D eigenvalue weighted by Gasteiger charge is -2.25. The molecule has 0 aliphatic carbocycles. The van der Waals surface area contributed by atoms with Gasteiger partial charge in [-0.3, -0.25) is 9.78 Å². The number of urea groups is 1. The van der Waals surface area contributed by atoms with Gasteiger partial charge in [-0.25, -0.2) is 9.78 Å². The minimum Gasteiger partial charge on any atom is -0.438 e. The maximum Gasteiger partial charge on any atom is 0.322 e. The van der Waals surface area contributed by atoms with Gasteiger partial charge in [-0.1, -0.05) is 18.2 Å². The van der Waals surface area contributed by atoms with E-state index in [1.165, 1.54) is 18.2 Å². The molecule has 0 saturated carbocycles. The molecule has 0 saturated heterocycles. The summed E-state index contributed by atoms with van der Waals surface area (Å²) in [6, 6.07) is 9.64. The molecule has 0 spiro atoms. The summed E-state index contributed by atoms with van der Waals surface area (Å²) in [7, 11) is 0. The molecule has 4 heterocycles. The lowest BCUT2D eigenvalue weighted by Crippen LogP contribution is -2.34. The van der Waals surface area contributed by atoms with Gasteiger partial charge in [-0.05, 0) is 46.9 Å². The van der Waals surface area contributed by atoms with Crippen molar-refractivity contribution < 1.29 is 14.0 Å². The van der Waals surface area contributed by atoms with Gasteiger partial charge in [0, 0.05) is 44.3 Å². The second-order valence-electron chi connectivity index (χ2n) is 7.60. The zero-order valence-electron chi connectivity index (χ0n) is 16.8. The normalized spacial score (nSPS) is 15.4. The van der Waals surface area contributed by atoms with Gasteiger partial charge in [0.2, 0.25) is 5.76 Å². The highest BCUT2D eigenvalue weighted by Crippen LogP contribution is 2.26. The minimum atomic E-state index is -0.147. The minimum absolute atomic E-state index is 0.123. The summed E-state index contributed by atoms with van der Waals surface area (Å²) in [6.07, 6.45) is 9.08. The first kappa shape index (κ1) is 19.0. The third-order valence-electron chi connectivity index (χ3n) is 5.66. The largest absolute Gasteiger partial charge is 0.438 e. The first-order chi connectivity index (χ1) is 15.2. The fourth-order valence-corrected chi connectivity index (χ4v) is 3.93. The van der Waals surface area contributed by atoms with E-state index in [0.717, 1.165) is 28.8 Å². The van der Waals surface area contributed by atoms with Gasteiger partial charge in [0.05, 0.1) is 6.20 Å². The van der Waals surface area contributed by atoms with E-state index in [1.807, 2.05) is 36.5 Å². The Kier molecular flexibility index (Phi) is 4.95. The zero-order valence-corrected chi connectivity index (χ0v) is 16.8. The molecule has 5 rings (SSSR count). The van der Waals surface area contributed by atoms with Crippen LogP contribution in [-0.4, -0.2) is 44.8 Å². The third kappa shape index (κ3) is 3.92. The Morgan fingerprint density at radius 1 is 0.968 bits per heavy atom. The molecule has 0 bridgehead atoms. The lowest BCUT2D eigenvalue weighted by molar-refractivity contribution is 0.0741. The van der Waals surface area contributed by atoms with Crippen LogP contribution in [0.5, 0.6) is 0 Å². The molecule has 31 heavy (non-hydrogen) atoms. The Balaban J connectivity index is 1.19. The van der Waals surface area contributed by atoms with Crippen LogP contribution >= 0.6 is 0 Å². The van der Waals surface area contributed by atoms with E-state index >= 15 is 0 Å². The number of carbonyl (C=O) groups excluding carboxylic acids is 2. The van der Waals surface area contributed by atoms with Gasteiger partial charge in [0.25, 0.3) is 5.91 Å². The number of carbonyl (C=O) groups is 2. The monoisotopic (exact) mass is 415 g/mol. The van der Waals surface area contributed by atoms with Gasteiger partial charge in [-0.15, -0.1) is 0 Å². The number of amides is 3. The van der Waals surface area contributed by atoms with Crippen molar-refractivity contribution in [1.29, 1.82) is 0 Å². The predicted octanol–water partition coefficient (Wildman–Crippen LogP) is 3.55. The van der Waals surface area contributed by atoms with Gasteiger partial charge in [0.15, 0.2) is 6.39 Å². The van der Waals surface area contributed by atoms with Gasteiger partial charge in [0.1, 0.15) is 0 Å². The quantitative estimate of drug-likeness (QED) is 0.706. The maximum atomic E-state index is 12.6. The first-order valence-corrected chi connectivity index (χ1v) is 10.1. The molecule has 3 amide bonds. The number of nitrogens with one attached hydrogen (secondary N) is 1. The predicted molar refractivity (Wildman–Crippen MR) is 114 cm³/mol. The van der Waals surface area contributed by atoms with Crippen LogP contribution in [-0.2, 0) is 13.1 Å². The Morgan fingerprint density at radius 2 is 1.81 bits per heavy atom. The lowest BCUT2D eigenvalue weighted by atomic mass is 9.99. The van der Waals surface area contributed by atoms with Crippen molar-refractivity contribution in [1.82, 2.24) is 19.8 Å². The van der Waals surface area contributed by atoms with Crippen molar-refractivity contribution in [2.45, 2.75) is 19.5 Å². The molecular weight excluding hydrogens is 394 g/mol. The second kappa shape index (κ2) is 8.06. The standard InChI is InChI=1S/C23H21N5O3/c29-22(21-12-25-15-31-21)27-9-6-17(7-10-27)16-1-3-20(4-2-16)26-23(30)28-13-18-5-8-24-11-19(18)14-28/h1-6,8,11-12,15H,7,9-10,13-14H2,(H,26,30). The Hall–Kier alpha value is -3.94. The summed E-state index contributed by atoms with van der Waals surface area (Å²) in [5.41, 5.74) is 5.25. The van der Waals surface area contributed by atoms with Crippen LogP contribution in [0, 0.1) is 0 Å². The van der Waals surface area contributed by atoms with E-state index in [4.69, 9.17) is 4.42 Å². The Morgan fingerprint density at radius 3 is 2.52 bits per heavy atom. The van der Waals surface area contributed by atoms with E-state index in [0.29, 0.717) is 26.2 Å². The highest BCUT2D eigenvalue weighted by atomic mass is 16.3. The second-order valence-corrected chi connectivity index (χ2v) is 7.60. The van der Waals surface area contributed by atoms with Crippen molar-refractivity contribution in [2.24, 2.45) is 0 Å². The van der Waals surface area contributed by atoms with Crippen molar-refractivity contribution in [3.8, 4) is 0 Å². The van der Waals surface area contributed by atoms with Crippen LogP contribution < -0.4 is 5.32 Å². The highest BCUT2D eigenvalue weighted by molar-refractivity contribution is 5.92. The molecular formula is C23H21N5O3. The molecule has 156 valence electrons. The van der Waals surface area contributed by atoms with Crippen LogP contribution in [0.25, 0.3) is 5.57 Å². The van der Waals surface area contributed by atoms with Crippen LogP contribution in [0.1, 0.15) is 33.7 Å². The van der Waals surface area contributed by atoms with Crippen LogP contribution in [0.3, 0.4) is 0 Å². The molecule has 2 aliphatic rings. The van der Waals surface area contributed by atoms with Crippen LogP contribution in [0.4, 0.5) is 10.5 Å². The molecule has 1 N–H and O–H groups in total. The molecule has 2 aromatic heterocycles. The Bertz CT molecular complexity index is 1110. The fraction of sp³-hybridized carbons (Fsp3) is 0.217. The van der Waals surface area contributed by atoms with Gasteiger partial charge < -0.3 is 19.5 Å². The van der Waals surface area contributed by atoms with E-state index in [-0.39, 0.29) is 17.7 Å². The van der Waals surface area contributed by atoms with Crippen molar-refractivity contribution >= 4 is 23.2 Å². The smallest absolute Gasteiger partial charge is 0.322 e. The number of nitrogens with zero attached hydrogens (tertiary/aromatic N) is 4. The number of aromatic nitrogens is 2. The van der Waals surface area contributed by atoms with E-state index in [2.05, 4.69) is 21.4 Å². The summed E-state index contributed by atoms with van der Waals surface area (Å²) < 4.78 is 5.10. The first-order valence-electron chi connectivity index (χ1n) is 10.1. The molecule has 0 radical (unpaired) electrons. The molecule has 0 fully saturated rings. The summed E-state index contributed by atoms with van der Waals surface area (Å²) in [6.45, 7) is 2.31. The highest BCUT2D eigenvalue weighted by Gasteiger charge is 2.24. The van der Waals surface area contributed by atoms with E-state index in [1.54, 1.807) is 16.0 Å². The zero-order chi connectivity index (χ0) is 21.2. The summed E-state index contributed by atoms with van der Waals surface area (Å²) in [4.78, 5) is 36.4. The molecule has 3 aromatic rings. The summed E-state index contributed by atoms with van der Waals surface area (Å²) >= 11 is 0. The number of rotatable bonds is 3. The molecule has 1 aromatic carbocycles. The van der Waals surface area contributed by atoms with Crippen LogP contribution in [0.2, 0.25) is 0 Å². The topological polar surface area (TPSA) is 91.6 Å². The number of pyridine rings is 1. The third-order valence-corrected chi connectivity index (χ3v) is 5.66. The van der Waals surface area contributed by atoms with Crippen molar-refractivity contribution in [2.75, 3.05) is 18.4 Å². The summed E-state index contributed by atoms with van der Waals surface area (Å²) in [5.74, 6) is 0.111. The average Bonchev–Trinajstić information content (AvgIpc) is 3.49. The molecule has 0 unspecified atom stereocenters. The maximum absolute atomic E-state index is 12.6. The van der Waals surface area contributed by atoms with E-state index < -0.39 is 0 Å². The molecule has 0 atom stereocenters. The number of oxazole rings is 1. The number of hydrogen-bond donors (Lipinski definition) is 1. The SMILES string of the molecule is O=C(Nc1ccc(C2=CCN(C(=O)c3cnco3)CC2)cc1)N1Cc2ccncc2C1. The number of benzene rings is 1. The fourth-order valence-electron chi connectivity index (χ4n) is 3.93. The van der Waals surface area contributed by atoms with Crippen LogP contribution in [0.15, 0.2) is 65.8 Å². The summed E-state index contributed by atoms with van der Waals surface area (Å²) in [5, 5.41) is 2.96. The number of anilines is 1. The van der Waals surface area contributed by atoms with Crippen molar-refractivity contribution in [3.63, 3.8) is 0 Å². The van der Waals surface area contributed by atoms with E-state index in [9.17, 15) is 9.59 Å². The van der Waals surface area contributed by atoms with Crippen molar-refractivity contribution in [3.05, 3.63) is 83.8 Å². The molecule has 8 nitrogen and oxygen atoms in total. The number of fused-ring (bicyclic) bond motifs is 1. The van der Waals surface area contributed by atoms with Gasteiger partial charge >= 0.3 is 6.03 Å². The molecule has 8 heteroatoms. The number of hydrogen-bond acceptors (Lipinski definition) is 5. The average molecular weight is 415 g/mol.